The van der Waals surface area contributed by atoms with Crippen LogP contribution in [0, 0.1) is 6.92 Å². The van der Waals surface area contributed by atoms with E-state index < -0.39 is 0 Å². The van der Waals surface area contributed by atoms with Gasteiger partial charge in [0.05, 0.1) is 17.7 Å². The molecule has 1 fully saturated rings. The maximum absolute atomic E-state index is 12.0. The van der Waals surface area contributed by atoms with Gasteiger partial charge in [-0.25, -0.2) is 4.99 Å². The van der Waals surface area contributed by atoms with Crippen molar-refractivity contribution in [2.75, 3.05) is 7.11 Å². The van der Waals surface area contributed by atoms with Crippen LogP contribution in [-0.4, -0.2) is 18.2 Å². The first-order valence-corrected chi connectivity index (χ1v) is 8.27. The molecule has 2 heterocycles. The van der Waals surface area contributed by atoms with Crippen molar-refractivity contribution in [1.82, 2.24) is 5.32 Å². The number of thiophene rings is 1. The summed E-state index contributed by atoms with van der Waals surface area (Å²) in [6.07, 6.45) is 1.90. The third-order valence-electron chi connectivity index (χ3n) is 2.99. The number of amidine groups is 1. The Morgan fingerprint density at radius 1 is 1.18 bits per heavy atom. The van der Waals surface area contributed by atoms with Crippen LogP contribution in [0.4, 0.5) is 5.69 Å². The van der Waals surface area contributed by atoms with Gasteiger partial charge in [0.15, 0.2) is 5.17 Å². The highest BCUT2D eigenvalue weighted by molar-refractivity contribution is 8.18. The van der Waals surface area contributed by atoms with Crippen molar-refractivity contribution in [1.29, 1.82) is 0 Å². The molecule has 3 rings (SSSR count). The number of carbonyl (C=O) groups is 1. The summed E-state index contributed by atoms with van der Waals surface area (Å²) >= 11 is 3.02. The highest BCUT2D eigenvalue weighted by Gasteiger charge is 2.23. The number of nitrogens with zero attached hydrogens (tertiary/aromatic N) is 1. The van der Waals surface area contributed by atoms with Crippen molar-refractivity contribution in [2.24, 2.45) is 4.99 Å². The van der Waals surface area contributed by atoms with Gasteiger partial charge in [0.25, 0.3) is 5.91 Å². The van der Waals surface area contributed by atoms with E-state index >= 15 is 0 Å². The molecule has 0 bridgehead atoms. The number of aliphatic imine (C=N–C) groups is 1. The van der Waals surface area contributed by atoms with Crippen LogP contribution in [-0.2, 0) is 4.79 Å². The molecule has 2 aromatic rings. The summed E-state index contributed by atoms with van der Waals surface area (Å²) < 4.78 is 5.11. The molecule has 0 atom stereocenters. The van der Waals surface area contributed by atoms with Crippen molar-refractivity contribution in [3.63, 3.8) is 0 Å². The molecule has 1 amide bonds. The molecule has 1 aromatic carbocycles. The van der Waals surface area contributed by atoms with Crippen molar-refractivity contribution >= 4 is 45.9 Å². The number of carbonyl (C=O) groups excluding carboxylic acids is 1. The first-order valence-electron chi connectivity index (χ1n) is 6.64. The van der Waals surface area contributed by atoms with E-state index in [1.54, 1.807) is 18.4 Å². The summed E-state index contributed by atoms with van der Waals surface area (Å²) in [6.45, 7) is 2.05. The van der Waals surface area contributed by atoms with Crippen LogP contribution < -0.4 is 10.1 Å². The van der Waals surface area contributed by atoms with Crippen molar-refractivity contribution < 1.29 is 9.53 Å². The summed E-state index contributed by atoms with van der Waals surface area (Å²) in [5, 5.41) is 3.38. The van der Waals surface area contributed by atoms with Crippen molar-refractivity contribution in [3.05, 3.63) is 51.1 Å². The molecular formula is C16H14N2O2S2. The van der Waals surface area contributed by atoms with Crippen LogP contribution in [0.1, 0.15) is 9.75 Å². The lowest BCUT2D eigenvalue weighted by atomic mass is 10.3. The lowest BCUT2D eigenvalue weighted by Gasteiger charge is -1.99. The van der Waals surface area contributed by atoms with Crippen LogP contribution in [0.5, 0.6) is 5.75 Å². The van der Waals surface area contributed by atoms with Gasteiger partial charge >= 0.3 is 0 Å². The Labute approximate surface area is 136 Å². The van der Waals surface area contributed by atoms with E-state index in [1.807, 2.05) is 49.4 Å². The van der Waals surface area contributed by atoms with Crippen LogP contribution in [0.2, 0.25) is 0 Å². The number of thioether (sulfide) groups is 1. The highest BCUT2D eigenvalue weighted by Crippen LogP contribution is 2.30. The molecule has 6 heteroatoms. The van der Waals surface area contributed by atoms with E-state index in [9.17, 15) is 4.79 Å². The first-order chi connectivity index (χ1) is 10.6. The second-order valence-electron chi connectivity index (χ2n) is 4.63. The minimum absolute atomic E-state index is 0.108. The van der Waals surface area contributed by atoms with Crippen molar-refractivity contribution in [3.8, 4) is 5.75 Å². The number of hydrogen-bond acceptors (Lipinski definition) is 5. The molecule has 1 saturated heterocycles. The molecule has 1 aromatic heterocycles. The minimum atomic E-state index is -0.108. The number of rotatable bonds is 3. The van der Waals surface area contributed by atoms with E-state index in [2.05, 4.69) is 10.3 Å². The molecular weight excluding hydrogens is 316 g/mol. The summed E-state index contributed by atoms with van der Waals surface area (Å²) in [7, 11) is 1.62. The monoisotopic (exact) mass is 330 g/mol. The van der Waals surface area contributed by atoms with Gasteiger partial charge in [-0.2, -0.15) is 0 Å². The molecule has 0 spiro atoms. The molecule has 0 saturated carbocycles. The second kappa shape index (κ2) is 6.37. The third-order valence-corrected chi connectivity index (χ3v) is 4.85. The van der Waals surface area contributed by atoms with Gasteiger partial charge in [-0.3, -0.25) is 4.79 Å². The summed E-state index contributed by atoms with van der Waals surface area (Å²) in [5.41, 5.74) is 0.775. The number of aryl methyl sites for hydroxylation is 1. The normalized spacial score (nSPS) is 18.0. The van der Waals surface area contributed by atoms with Gasteiger partial charge in [-0.05, 0) is 61.2 Å². The average molecular weight is 330 g/mol. The molecule has 0 radical (unpaired) electrons. The Morgan fingerprint density at radius 3 is 2.59 bits per heavy atom. The van der Waals surface area contributed by atoms with Crippen LogP contribution in [0.25, 0.3) is 6.08 Å². The fourth-order valence-corrected chi connectivity index (χ4v) is 3.64. The van der Waals surface area contributed by atoms with E-state index in [0.29, 0.717) is 10.1 Å². The van der Waals surface area contributed by atoms with Gasteiger partial charge in [0.1, 0.15) is 5.75 Å². The van der Waals surface area contributed by atoms with Crippen LogP contribution in [0.3, 0.4) is 0 Å². The number of ether oxygens (including phenoxy) is 1. The summed E-state index contributed by atoms with van der Waals surface area (Å²) in [4.78, 5) is 19.4. The standard InChI is InChI=1S/C16H14N2O2S2/c1-10-3-8-13(21-10)9-14-15(19)18-16(22-14)17-11-4-6-12(20-2)7-5-11/h3-9H,1-2H3,(H,17,18,19). The SMILES string of the molecule is COc1ccc(N=C2NC(=O)C(=Cc3ccc(C)s3)S2)cc1. The summed E-state index contributed by atoms with van der Waals surface area (Å²) in [6, 6.07) is 11.4. The van der Waals surface area contributed by atoms with Gasteiger partial charge in [-0.1, -0.05) is 0 Å². The Hall–Kier alpha value is -2.05. The number of hydrogen-bond donors (Lipinski definition) is 1. The number of methoxy groups -OCH3 is 1. The molecule has 22 heavy (non-hydrogen) atoms. The van der Waals surface area contributed by atoms with E-state index in [1.165, 1.54) is 16.6 Å². The lowest BCUT2D eigenvalue weighted by molar-refractivity contribution is -0.115. The predicted octanol–water partition coefficient (Wildman–Crippen LogP) is 3.96. The van der Waals surface area contributed by atoms with Crippen LogP contribution >= 0.6 is 23.1 Å². The van der Waals surface area contributed by atoms with E-state index in [-0.39, 0.29) is 5.91 Å². The van der Waals surface area contributed by atoms with E-state index in [0.717, 1.165) is 16.3 Å². The molecule has 0 aliphatic carbocycles. The smallest absolute Gasteiger partial charge is 0.264 e. The Kier molecular flexibility index (Phi) is 4.31. The van der Waals surface area contributed by atoms with Gasteiger partial charge < -0.3 is 10.1 Å². The zero-order valence-electron chi connectivity index (χ0n) is 12.1. The maximum Gasteiger partial charge on any atom is 0.264 e. The number of nitrogens with one attached hydrogen (secondary N) is 1. The average Bonchev–Trinajstić information content (AvgIpc) is 3.06. The topological polar surface area (TPSA) is 50.7 Å². The number of benzene rings is 1. The molecule has 4 nitrogen and oxygen atoms in total. The predicted molar refractivity (Wildman–Crippen MR) is 92.9 cm³/mol. The van der Waals surface area contributed by atoms with Gasteiger partial charge in [0.2, 0.25) is 0 Å². The summed E-state index contributed by atoms with van der Waals surface area (Å²) in [5.74, 6) is 0.670. The van der Waals surface area contributed by atoms with E-state index in [4.69, 9.17) is 4.74 Å². The van der Waals surface area contributed by atoms with Crippen molar-refractivity contribution in [2.45, 2.75) is 6.92 Å². The second-order valence-corrected chi connectivity index (χ2v) is 6.98. The molecule has 1 aliphatic heterocycles. The Bertz CT molecular complexity index is 761. The zero-order chi connectivity index (χ0) is 15.5. The molecule has 1 aliphatic rings. The fraction of sp³-hybridized carbons (Fsp3) is 0.125. The van der Waals surface area contributed by atoms with Crippen LogP contribution in [0.15, 0.2) is 46.3 Å². The highest BCUT2D eigenvalue weighted by atomic mass is 32.2. The lowest BCUT2D eigenvalue weighted by Crippen LogP contribution is -2.19. The maximum atomic E-state index is 12.0. The molecule has 1 N–H and O–H groups in total. The first kappa shape index (κ1) is 14.9. The van der Waals surface area contributed by atoms with Gasteiger partial charge in [-0.15, -0.1) is 11.3 Å². The number of amides is 1. The third kappa shape index (κ3) is 3.40. The molecule has 0 unspecified atom stereocenters. The quantitative estimate of drug-likeness (QED) is 0.867. The minimum Gasteiger partial charge on any atom is -0.497 e. The molecule has 112 valence electrons. The fourth-order valence-electron chi connectivity index (χ4n) is 1.91. The Balaban J connectivity index is 1.78. The largest absolute Gasteiger partial charge is 0.497 e. The Morgan fingerprint density at radius 2 is 1.95 bits per heavy atom. The zero-order valence-corrected chi connectivity index (χ0v) is 13.8. The van der Waals surface area contributed by atoms with Gasteiger partial charge in [0, 0.05) is 9.75 Å².